The van der Waals surface area contributed by atoms with E-state index in [9.17, 15) is 4.79 Å². The van der Waals surface area contributed by atoms with Crippen molar-refractivity contribution in [3.63, 3.8) is 0 Å². The summed E-state index contributed by atoms with van der Waals surface area (Å²) in [6, 6.07) is 7.59. The predicted molar refractivity (Wildman–Crippen MR) is 80.8 cm³/mol. The highest BCUT2D eigenvalue weighted by molar-refractivity contribution is 9.10. The summed E-state index contributed by atoms with van der Waals surface area (Å²) >= 11 is 9.59. The molecule has 106 valence electrons. The second kappa shape index (κ2) is 6.41. The molecule has 20 heavy (non-hydrogen) atoms. The van der Waals surface area contributed by atoms with Crippen LogP contribution in [0.2, 0.25) is 5.02 Å². The smallest absolute Gasteiger partial charge is 0.313 e. The minimum atomic E-state index is -0.427. The number of hydrogen-bond acceptors (Lipinski definition) is 3. The van der Waals surface area contributed by atoms with Crippen molar-refractivity contribution in [1.82, 2.24) is 9.78 Å². The van der Waals surface area contributed by atoms with E-state index in [1.54, 1.807) is 17.9 Å². The Kier molecular flexibility index (Phi) is 4.83. The largest absolute Gasteiger partial charge is 0.469 e. The Morgan fingerprint density at radius 2 is 2.20 bits per heavy atom. The third-order valence-corrected chi connectivity index (χ3v) is 4.21. The van der Waals surface area contributed by atoms with Gasteiger partial charge in [-0.05, 0) is 11.6 Å². The summed E-state index contributed by atoms with van der Waals surface area (Å²) in [4.78, 5) is 12.1. The van der Waals surface area contributed by atoms with Crippen molar-refractivity contribution >= 4 is 33.5 Å². The highest BCUT2D eigenvalue weighted by Crippen LogP contribution is 2.30. The van der Waals surface area contributed by atoms with Gasteiger partial charge in [0, 0.05) is 17.9 Å². The zero-order valence-corrected chi connectivity index (χ0v) is 13.5. The summed E-state index contributed by atoms with van der Waals surface area (Å²) < 4.78 is 7.46. The molecule has 0 bridgehead atoms. The maximum Gasteiger partial charge on any atom is 0.313 e. The van der Waals surface area contributed by atoms with E-state index in [1.807, 2.05) is 24.3 Å². The van der Waals surface area contributed by atoms with Gasteiger partial charge in [-0.1, -0.05) is 45.7 Å². The van der Waals surface area contributed by atoms with Crippen molar-refractivity contribution in [3.8, 4) is 0 Å². The number of rotatable bonds is 4. The maximum atomic E-state index is 12.1. The van der Waals surface area contributed by atoms with Crippen molar-refractivity contribution in [2.75, 3.05) is 7.11 Å². The number of nitrogens with zero attached hydrogens (tertiary/aromatic N) is 2. The first-order valence-corrected chi connectivity index (χ1v) is 7.20. The highest BCUT2D eigenvalue weighted by atomic mass is 79.9. The first-order valence-electron chi connectivity index (χ1n) is 6.03. The standard InChI is InChI=1S/C14H14BrClN2O2/c1-18-13(12(16)8-17-18)7-10(14(19)20-2)9-5-3-4-6-11(9)15/h3-6,8,10H,7H2,1-2H3. The number of benzene rings is 1. The molecule has 0 aliphatic carbocycles. The lowest BCUT2D eigenvalue weighted by molar-refractivity contribution is -0.142. The van der Waals surface area contributed by atoms with E-state index in [-0.39, 0.29) is 5.97 Å². The summed E-state index contributed by atoms with van der Waals surface area (Å²) in [7, 11) is 3.19. The molecule has 0 radical (unpaired) electrons. The minimum absolute atomic E-state index is 0.297. The van der Waals surface area contributed by atoms with Crippen LogP contribution in [-0.2, 0) is 23.0 Å². The SMILES string of the molecule is COC(=O)C(Cc1c(Cl)cnn1C)c1ccccc1Br. The molecule has 2 aromatic rings. The van der Waals surface area contributed by atoms with Gasteiger partial charge in [0.05, 0.1) is 29.9 Å². The van der Waals surface area contributed by atoms with Crippen LogP contribution < -0.4 is 0 Å². The number of hydrogen-bond donors (Lipinski definition) is 0. The van der Waals surface area contributed by atoms with Crippen molar-refractivity contribution in [1.29, 1.82) is 0 Å². The lowest BCUT2D eigenvalue weighted by Crippen LogP contribution is -2.19. The fourth-order valence-corrected chi connectivity index (χ4v) is 2.88. The van der Waals surface area contributed by atoms with Crippen molar-refractivity contribution in [2.24, 2.45) is 7.05 Å². The molecule has 0 aliphatic heterocycles. The third kappa shape index (κ3) is 3.04. The van der Waals surface area contributed by atoms with Gasteiger partial charge in [-0.15, -0.1) is 0 Å². The molecule has 0 aliphatic rings. The van der Waals surface area contributed by atoms with E-state index in [1.165, 1.54) is 7.11 Å². The summed E-state index contributed by atoms with van der Waals surface area (Å²) in [5.74, 6) is -0.724. The average Bonchev–Trinajstić information content (AvgIpc) is 2.76. The van der Waals surface area contributed by atoms with Crippen LogP contribution in [0.15, 0.2) is 34.9 Å². The second-order valence-electron chi connectivity index (χ2n) is 4.36. The Hall–Kier alpha value is -1.33. The quantitative estimate of drug-likeness (QED) is 0.788. The molecule has 6 heteroatoms. The number of aromatic nitrogens is 2. The van der Waals surface area contributed by atoms with Gasteiger partial charge in [0.1, 0.15) is 0 Å². The number of halogens is 2. The monoisotopic (exact) mass is 356 g/mol. The topological polar surface area (TPSA) is 44.1 Å². The summed E-state index contributed by atoms with van der Waals surface area (Å²) in [6.07, 6.45) is 2.01. The van der Waals surface area contributed by atoms with Crippen LogP contribution >= 0.6 is 27.5 Å². The Balaban J connectivity index is 2.40. The molecule has 0 N–H and O–H groups in total. The van der Waals surface area contributed by atoms with Gasteiger partial charge in [-0.2, -0.15) is 5.10 Å². The Morgan fingerprint density at radius 1 is 1.50 bits per heavy atom. The van der Waals surface area contributed by atoms with Crippen LogP contribution in [0.5, 0.6) is 0 Å². The molecule has 2 rings (SSSR count). The summed E-state index contributed by atoms with van der Waals surface area (Å²) in [5, 5.41) is 4.64. The molecule has 4 nitrogen and oxygen atoms in total. The molecule has 0 saturated heterocycles. The lowest BCUT2D eigenvalue weighted by atomic mass is 9.94. The van der Waals surface area contributed by atoms with Crippen LogP contribution in [-0.4, -0.2) is 22.9 Å². The molecule has 0 saturated carbocycles. The van der Waals surface area contributed by atoms with Crippen LogP contribution in [0.1, 0.15) is 17.2 Å². The van der Waals surface area contributed by atoms with Gasteiger partial charge in [0.2, 0.25) is 0 Å². The van der Waals surface area contributed by atoms with E-state index in [0.29, 0.717) is 11.4 Å². The van der Waals surface area contributed by atoms with Gasteiger partial charge in [-0.25, -0.2) is 0 Å². The van der Waals surface area contributed by atoms with Crippen molar-refractivity contribution in [3.05, 3.63) is 51.2 Å². The van der Waals surface area contributed by atoms with Crippen LogP contribution in [0.4, 0.5) is 0 Å². The Labute approximate surface area is 130 Å². The van der Waals surface area contributed by atoms with Gasteiger partial charge in [0.25, 0.3) is 0 Å². The molecule has 0 spiro atoms. The first kappa shape index (κ1) is 15.1. The molecule has 1 atom stereocenters. The molecule has 1 aromatic heterocycles. The van der Waals surface area contributed by atoms with Crippen LogP contribution in [0.25, 0.3) is 0 Å². The molecular weight excluding hydrogens is 344 g/mol. The molecule has 1 unspecified atom stereocenters. The van der Waals surface area contributed by atoms with E-state index in [0.717, 1.165) is 15.7 Å². The van der Waals surface area contributed by atoms with Gasteiger partial charge in [0.15, 0.2) is 0 Å². The molecule has 0 fully saturated rings. The number of carbonyl (C=O) groups excluding carboxylic acids is 1. The number of aryl methyl sites for hydroxylation is 1. The van der Waals surface area contributed by atoms with E-state index in [4.69, 9.17) is 16.3 Å². The zero-order chi connectivity index (χ0) is 14.7. The Bertz CT molecular complexity index is 608. The van der Waals surface area contributed by atoms with Crippen molar-refractivity contribution in [2.45, 2.75) is 12.3 Å². The highest BCUT2D eigenvalue weighted by Gasteiger charge is 2.26. The van der Waals surface area contributed by atoms with Crippen LogP contribution in [0, 0.1) is 0 Å². The number of esters is 1. The maximum absolute atomic E-state index is 12.1. The Morgan fingerprint density at radius 3 is 2.75 bits per heavy atom. The molecular formula is C14H14BrClN2O2. The predicted octanol–water partition coefficient (Wildman–Crippen LogP) is 3.34. The first-order chi connectivity index (χ1) is 9.54. The zero-order valence-electron chi connectivity index (χ0n) is 11.1. The molecule has 1 aromatic carbocycles. The third-order valence-electron chi connectivity index (χ3n) is 3.17. The average molecular weight is 358 g/mol. The van der Waals surface area contributed by atoms with Gasteiger partial charge < -0.3 is 4.74 Å². The fourth-order valence-electron chi connectivity index (χ4n) is 2.08. The van der Waals surface area contributed by atoms with E-state index in [2.05, 4.69) is 21.0 Å². The number of methoxy groups -OCH3 is 1. The van der Waals surface area contributed by atoms with Gasteiger partial charge in [-0.3, -0.25) is 9.48 Å². The normalized spacial score (nSPS) is 12.2. The van der Waals surface area contributed by atoms with Crippen molar-refractivity contribution < 1.29 is 9.53 Å². The summed E-state index contributed by atoms with van der Waals surface area (Å²) in [6.45, 7) is 0. The molecule has 0 amide bonds. The minimum Gasteiger partial charge on any atom is -0.469 e. The van der Waals surface area contributed by atoms with E-state index < -0.39 is 5.92 Å². The van der Waals surface area contributed by atoms with E-state index >= 15 is 0 Å². The number of carbonyl (C=O) groups is 1. The lowest BCUT2D eigenvalue weighted by Gasteiger charge is -2.17. The van der Waals surface area contributed by atoms with Gasteiger partial charge >= 0.3 is 5.97 Å². The summed E-state index contributed by atoms with van der Waals surface area (Å²) in [5.41, 5.74) is 1.68. The van der Waals surface area contributed by atoms with Crippen LogP contribution in [0.3, 0.4) is 0 Å². The number of ether oxygens (including phenoxy) is 1. The second-order valence-corrected chi connectivity index (χ2v) is 5.63. The molecule has 1 heterocycles. The fraction of sp³-hybridized carbons (Fsp3) is 0.286.